The van der Waals surface area contributed by atoms with Gasteiger partial charge in [0.15, 0.2) is 0 Å². The second kappa shape index (κ2) is 5.61. The van der Waals surface area contributed by atoms with Crippen LogP contribution in [0.5, 0.6) is 0 Å². The van der Waals surface area contributed by atoms with Crippen LogP contribution in [0.1, 0.15) is 9.75 Å². The highest BCUT2D eigenvalue weighted by Crippen LogP contribution is 2.23. The fourth-order valence-electron chi connectivity index (χ4n) is 1.51. The van der Waals surface area contributed by atoms with Crippen LogP contribution in [0.2, 0.25) is 0 Å². The molecule has 0 aromatic carbocycles. The molecule has 0 atom stereocenters. The highest BCUT2D eigenvalue weighted by molar-refractivity contribution is 7.11. The number of aromatic nitrogens is 2. The van der Waals surface area contributed by atoms with Crippen LogP contribution in [0.3, 0.4) is 0 Å². The third kappa shape index (κ3) is 3.16. The minimum atomic E-state index is -0.499. The Labute approximate surface area is 113 Å². The van der Waals surface area contributed by atoms with Crippen molar-refractivity contribution in [3.8, 4) is 0 Å². The fraction of sp³-hybridized carbons (Fsp3) is 0.273. The number of hydrogen-bond acceptors (Lipinski definition) is 7. The summed E-state index contributed by atoms with van der Waals surface area (Å²) in [5.41, 5.74) is -0.132. The van der Waals surface area contributed by atoms with Gasteiger partial charge in [-0.2, -0.15) is 4.98 Å². The highest BCUT2D eigenvalue weighted by Gasteiger charge is 2.16. The maximum Gasteiger partial charge on any atom is 0.329 e. The molecular formula is C11H13N5O2S. The molecule has 2 aromatic heterocycles. The highest BCUT2D eigenvalue weighted by atomic mass is 32.1. The van der Waals surface area contributed by atoms with Crippen molar-refractivity contribution >= 4 is 28.8 Å². The van der Waals surface area contributed by atoms with Crippen molar-refractivity contribution in [3.63, 3.8) is 0 Å². The summed E-state index contributed by atoms with van der Waals surface area (Å²) < 4.78 is 0. The first kappa shape index (κ1) is 13.2. The third-order valence-electron chi connectivity index (χ3n) is 2.42. The maximum atomic E-state index is 10.9. The second-order valence-electron chi connectivity index (χ2n) is 3.80. The Morgan fingerprint density at radius 2 is 2.26 bits per heavy atom. The molecule has 7 nitrogen and oxygen atoms in total. The van der Waals surface area contributed by atoms with E-state index in [1.807, 2.05) is 19.1 Å². The van der Waals surface area contributed by atoms with Crippen molar-refractivity contribution in [3.05, 3.63) is 38.2 Å². The first-order valence-corrected chi connectivity index (χ1v) is 6.40. The lowest BCUT2D eigenvalue weighted by Gasteiger charge is -2.06. The van der Waals surface area contributed by atoms with E-state index in [0.29, 0.717) is 12.5 Å². The van der Waals surface area contributed by atoms with Gasteiger partial charge in [0.05, 0.1) is 11.5 Å². The summed E-state index contributed by atoms with van der Waals surface area (Å²) in [6, 6.07) is 3.99. The lowest BCUT2D eigenvalue weighted by atomic mass is 10.4. The van der Waals surface area contributed by atoms with Crippen LogP contribution >= 0.6 is 11.3 Å². The SMILES string of the molecule is CNc1ncc([N+](=O)[O-])c(NCc2ccc(C)s2)n1. The molecule has 2 aromatic rings. The van der Waals surface area contributed by atoms with Crippen LogP contribution in [-0.2, 0) is 6.54 Å². The zero-order valence-corrected chi connectivity index (χ0v) is 11.3. The summed E-state index contributed by atoms with van der Waals surface area (Å²) in [6.45, 7) is 2.51. The molecule has 0 radical (unpaired) electrons. The standard InChI is InChI=1S/C11H13N5O2S/c1-7-3-4-8(19-7)5-13-10-9(16(17)18)6-14-11(12-2)15-10/h3-4,6H,5H2,1-2H3,(H2,12,13,14,15). The largest absolute Gasteiger partial charge is 0.359 e. The summed E-state index contributed by atoms with van der Waals surface area (Å²) in [7, 11) is 1.66. The number of nitrogens with zero attached hydrogens (tertiary/aromatic N) is 3. The molecule has 2 N–H and O–H groups in total. The molecule has 0 amide bonds. The molecule has 0 aliphatic carbocycles. The van der Waals surface area contributed by atoms with Crippen molar-refractivity contribution in [2.45, 2.75) is 13.5 Å². The van der Waals surface area contributed by atoms with Gasteiger partial charge < -0.3 is 10.6 Å². The molecule has 0 aliphatic heterocycles. The molecule has 0 spiro atoms. The summed E-state index contributed by atoms with van der Waals surface area (Å²) in [6.07, 6.45) is 1.20. The number of nitro groups is 1. The molecule has 0 saturated carbocycles. The fourth-order valence-corrected chi connectivity index (χ4v) is 2.34. The summed E-state index contributed by atoms with van der Waals surface area (Å²) >= 11 is 1.64. The van der Waals surface area contributed by atoms with E-state index in [2.05, 4.69) is 20.6 Å². The van der Waals surface area contributed by atoms with Crippen LogP contribution in [0.25, 0.3) is 0 Å². The average molecular weight is 279 g/mol. The van der Waals surface area contributed by atoms with Gasteiger partial charge in [-0.3, -0.25) is 10.1 Å². The number of hydrogen-bond donors (Lipinski definition) is 2. The van der Waals surface area contributed by atoms with Gasteiger partial charge in [0.1, 0.15) is 6.20 Å². The topological polar surface area (TPSA) is 93.0 Å². The number of rotatable bonds is 5. The maximum absolute atomic E-state index is 10.9. The van der Waals surface area contributed by atoms with Gasteiger partial charge in [0.2, 0.25) is 11.8 Å². The Bertz CT molecular complexity index is 599. The summed E-state index contributed by atoms with van der Waals surface area (Å²) in [5, 5.41) is 16.6. The van der Waals surface area contributed by atoms with Gasteiger partial charge in [0, 0.05) is 16.8 Å². The Morgan fingerprint density at radius 1 is 1.47 bits per heavy atom. The smallest absolute Gasteiger partial charge is 0.329 e. The first-order valence-electron chi connectivity index (χ1n) is 5.58. The van der Waals surface area contributed by atoms with Gasteiger partial charge in [-0.1, -0.05) is 0 Å². The molecule has 0 fully saturated rings. The van der Waals surface area contributed by atoms with Crippen LogP contribution in [0.4, 0.5) is 17.5 Å². The van der Waals surface area contributed by atoms with E-state index in [0.717, 1.165) is 4.88 Å². The van der Waals surface area contributed by atoms with E-state index in [-0.39, 0.29) is 11.5 Å². The minimum absolute atomic E-state index is 0.132. The molecule has 0 saturated heterocycles. The lowest BCUT2D eigenvalue weighted by Crippen LogP contribution is -2.07. The first-order chi connectivity index (χ1) is 9.10. The van der Waals surface area contributed by atoms with Gasteiger partial charge in [-0.15, -0.1) is 11.3 Å². The second-order valence-corrected chi connectivity index (χ2v) is 5.17. The zero-order valence-electron chi connectivity index (χ0n) is 10.5. The van der Waals surface area contributed by atoms with E-state index in [1.165, 1.54) is 11.1 Å². The van der Waals surface area contributed by atoms with E-state index < -0.39 is 4.92 Å². The van der Waals surface area contributed by atoms with Crippen LogP contribution in [0, 0.1) is 17.0 Å². The molecule has 0 unspecified atom stereocenters. The van der Waals surface area contributed by atoms with Crippen LogP contribution < -0.4 is 10.6 Å². The number of thiophene rings is 1. The molecule has 2 heterocycles. The molecule has 2 rings (SSSR count). The quantitative estimate of drug-likeness (QED) is 0.645. The predicted molar refractivity (Wildman–Crippen MR) is 74.6 cm³/mol. The molecule has 8 heteroatoms. The van der Waals surface area contributed by atoms with E-state index in [9.17, 15) is 10.1 Å². The Hall–Kier alpha value is -2.22. The van der Waals surface area contributed by atoms with E-state index in [1.54, 1.807) is 18.4 Å². The Balaban J connectivity index is 2.19. The Morgan fingerprint density at radius 3 is 2.84 bits per heavy atom. The number of nitrogens with one attached hydrogen (secondary N) is 2. The lowest BCUT2D eigenvalue weighted by molar-refractivity contribution is -0.384. The van der Waals surface area contributed by atoms with Crippen molar-refractivity contribution < 1.29 is 4.92 Å². The Kier molecular flexibility index (Phi) is 3.91. The van der Waals surface area contributed by atoms with Crippen LogP contribution in [-0.4, -0.2) is 21.9 Å². The van der Waals surface area contributed by atoms with E-state index >= 15 is 0 Å². The third-order valence-corrected chi connectivity index (χ3v) is 3.42. The summed E-state index contributed by atoms with van der Waals surface area (Å²) in [4.78, 5) is 20.6. The van der Waals surface area contributed by atoms with Crippen LogP contribution in [0.15, 0.2) is 18.3 Å². The molecule has 100 valence electrons. The molecule has 0 bridgehead atoms. The van der Waals surface area contributed by atoms with Crippen molar-refractivity contribution in [1.82, 2.24) is 9.97 Å². The average Bonchev–Trinajstić information content (AvgIpc) is 2.81. The van der Waals surface area contributed by atoms with Crippen molar-refractivity contribution in [1.29, 1.82) is 0 Å². The molecule has 19 heavy (non-hydrogen) atoms. The summed E-state index contributed by atoms with van der Waals surface area (Å²) in [5.74, 6) is 0.561. The normalized spacial score (nSPS) is 10.2. The minimum Gasteiger partial charge on any atom is -0.359 e. The molecule has 0 aliphatic rings. The van der Waals surface area contributed by atoms with Crippen molar-refractivity contribution in [2.75, 3.05) is 17.7 Å². The monoisotopic (exact) mass is 279 g/mol. The number of aryl methyl sites for hydroxylation is 1. The van der Waals surface area contributed by atoms with Gasteiger partial charge >= 0.3 is 5.69 Å². The van der Waals surface area contributed by atoms with Gasteiger partial charge in [-0.25, -0.2) is 4.98 Å². The zero-order chi connectivity index (χ0) is 13.8. The molecular weight excluding hydrogens is 266 g/mol. The van der Waals surface area contributed by atoms with Gasteiger partial charge in [0.25, 0.3) is 0 Å². The number of anilines is 2. The predicted octanol–water partition coefficient (Wildman–Crippen LogP) is 2.41. The van der Waals surface area contributed by atoms with Gasteiger partial charge in [-0.05, 0) is 19.1 Å². The van der Waals surface area contributed by atoms with E-state index in [4.69, 9.17) is 0 Å². The van der Waals surface area contributed by atoms with Crippen molar-refractivity contribution in [2.24, 2.45) is 0 Å².